The average Bonchev–Trinajstić information content (AvgIpc) is 3.12. The van der Waals surface area contributed by atoms with Gasteiger partial charge in [0.15, 0.2) is 11.6 Å². The zero-order valence-corrected chi connectivity index (χ0v) is 16.6. The second-order valence-electron chi connectivity index (χ2n) is 7.59. The van der Waals surface area contributed by atoms with Crippen molar-refractivity contribution >= 4 is 22.9 Å². The van der Waals surface area contributed by atoms with Crippen molar-refractivity contribution in [2.24, 2.45) is 5.92 Å². The molecule has 2 aromatic carbocycles. The van der Waals surface area contributed by atoms with Crippen molar-refractivity contribution in [2.45, 2.75) is 32.9 Å². The minimum absolute atomic E-state index is 0.0452. The fourth-order valence-corrected chi connectivity index (χ4v) is 3.98. The van der Waals surface area contributed by atoms with Gasteiger partial charge in [0.1, 0.15) is 6.61 Å². The Labute approximate surface area is 170 Å². The maximum absolute atomic E-state index is 12.5. The lowest BCUT2D eigenvalue weighted by Gasteiger charge is -2.32. The van der Waals surface area contributed by atoms with E-state index in [0.29, 0.717) is 25.5 Å². The van der Waals surface area contributed by atoms with Crippen molar-refractivity contribution in [2.75, 3.05) is 13.1 Å². The number of likely N-dealkylation sites (tertiary alicyclic amines) is 1. The number of benzene rings is 2. The molecule has 3 aromatic rings. The molecule has 0 bridgehead atoms. The SMILES string of the molecule is CC(=O)c1nc2ccccc2n1CC1CCCN(C(=O)OCc2ccccc2)C1. The molecule has 6 nitrogen and oxygen atoms in total. The second-order valence-corrected chi connectivity index (χ2v) is 7.59. The molecule has 2 heterocycles. The lowest BCUT2D eigenvalue weighted by atomic mass is 9.98. The van der Waals surface area contributed by atoms with Gasteiger partial charge in [-0.15, -0.1) is 0 Å². The summed E-state index contributed by atoms with van der Waals surface area (Å²) in [5, 5.41) is 0. The first-order valence-electron chi connectivity index (χ1n) is 10.0. The van der Waals surface area contributed by atoms with Crippen molar-refractivity contribution in [3.8, 4) is 0 Å². The Bertz CT molecular complexity index is 1010. The van der Waals surface area contributed by atoms with E-state index >= 15 is 0 Å². The number of imidazole rings is 1. The van der Waals surface area contributed by atoms with Crippen molar-refractivity contribution in [1.29, 1.82) is 0 Å². The number of para-hydroxylation sites is 2. The quantitative estimate of drug-likeness (QED) is 0.609. The van der Waals surface area contributed by atoms with Gasteiger partial charge in [-0.05, 0) is 36.5 Å². The highest BCUT2D eigenvalue weighted by atomic mass is 16.6. The summed E-state index contributed by atoms with van der Waals surface area (Å²) in [7, 11) is 0. The van der Waals surface area contributed by atoms with E-state index in [9.17, 15) is 9.59 Å². The van der Waals surface area contributed by atoms with Gasteiger partial charge in [0.05, 0.1) is 11.0 Å². The molecule has 0 saturated carbocycles. The summed E-state index contributed by atoms with van der Waals surface area (Å²) in [5.41, 5.74) is 2.76. The van der Waals surface area contributed by atoms with Gasteiger partial charge in [-0.1, -0.05) is 42.5 Å². The molecule has 29 heavy (non-hydrogen) atoms. The molecule has 1 aliphatic rings. The van der Waals surface area contributed by atoms with Gasteiger partial charge in [-0.3, -0.25) is 4.79 Å². The van der Waals surface area contributed by atoms with Crippen LogP contribution in [0.5, 0.6) is 0 Å². The third-order valence-corrected chi connectivity index (χ3v) is 5.39. The Morgan fingerprint density at radius 3 is 2.66 bits per heavy atom. The summed E-state index contributed by atoms with van der Waals surface area (Å²) in [5.74, 6) is 0.690. The van der Waals surface area contributed by atoms with E-state index in [1.807, 2.05) is 59.2 Å². The summed E-state index contributed by atoms with van der Waals surface area (Å²) < 4.78 is 7.50. The van der Waals surface area contributed by atoms with Crippen LogP contribution in [-0.4, -0.2) is 39.4 Å². The molecule has 1 unspecified atom stereocenters. The number of carbonyl (C=O) groups excluding carboxylic acids is 2. The van der Waals surface area contributed by atoms with E-state index in [-0.39, 0.29) is 24.4 Å². The third-order valence-electron chi connectivity index (χ3n) is 5.39. The number of rotatable bonds is 5. The van der Waals surface area contributed by atoms with E-state index in [1.165, 1.54) is 0 Å². The molecule has 6 heteroatoms. The molecular formula is C23H25N3O3. The minimum atomic E-state index is -0.277. The van der Waals surface area contributed by atoms with Crippen LogP contribution in [-0.2, 0) is 17.9 Å². The normalized spacial score (nSPS) is 16.7. The first-order valence-corrected chi connectivity index (χ1v) is 10.0. The van der Waals surface area contributed by atoms with Crippen LogP contribution in [0, 0.1) is 5.92 Å². The fraction of sp³-hybridized carbons (Fsp3) is 0.348. The predicted molar refractivity (Wildman–Crippen MR) is 111 cm³/mol. The Hall–Kier alpha value is -3.15. The van der Waals surface area contributed by atoms with Crippen LogP contribution < -0.4 is 0 Å². The van der Waals surface area contributed by atoms with Gasteiger partial charge in [0.2, 0.25) is 0 Å². The smallest absolute Gasteiger partial charge is 0.410 e. The van der Waals surface area contributed by atoms with Crippen LogP contribution in [0.1, 0.15) is 35.9 Å². The lowest BCUT2D eigenvalue weighted by Crippen LogP contribution is -2.41. The van der Waals surface area contributed by atoms with Gasteiger partial charge in [0, 0.05) is 26.6 Å². The zero-order chi connectivity index (χ0) is 20.2. The van der Waals surface area contributed by atoms with Crippen LogP contribution in [0.25, 0.3) is 11.0 Å². The highest BCUT2D eigenvalue weighted by Gasteiger charge is 2.26. The van der Waals surface area contributed by atoms with Crippen molar-refractivity contribution < 1.29 is 14.3 Å². The van der Waals surface area contributed by atoms with Gasteiger partial charge in [-0.25, -0.2) is 9.78 Å². The van der Waals surface area contributed by atoms with Crippen molar-refractivity contribution in [3.05, 3.63) is 66.0 Å². The molecule has 1 aliphatic heterocycles. The number of Topliss-reactive ketones (excluding diaryl/α,β-unsaturated/α-hetero) is 1. The minimum Gasteiger partial charge on any atom is -0.445 e. The summed E-state index contributed by atoms with van der Waals surface area (Å²) in [6.07, 6.45) is 1.65. The molecule has 4 rings (SSSR count). The number of amides is 1. The van der Waals surface area contributed by atoms with Gasteiger partial charge in [-0.2, -0.15) is 0 Å². The molecule has 1 atom stereocenters. The van der Waals surface area contributed by atoms with E-state index in [0.717, 1.165) is 29.4 Å². The topological polar surface area (TPSA) is 64.4 Å². The van der Waals surface area contributed by atoms with Gasteiger partial charge in [0.25, 0.3) is 0 Å². The number of hydrogen-bond donors (Lipinski definition) is 0. The summed E-state index contributed by atoms with van der Waals surface area (Å²) in [6.45, 7) is 3.82. The summed E-state index contributed by atoms with van der Waals surface area (Å²) in [6, 6.07) is 17.5. The largest absolute Gasteiger partial charge is 0.445 e. The number of aromatic nitrogens is 2. The Kier molecular flexibility index (Phi) is 5.60. The number of ether oxygens (including phenoxy) is 1. The average molecular weight is 391 g/mol. The number of piperidine rings is 1. The highest BCUT2D eigenvalue weighted by Crippen LogP contribution is 2.24. The summed E-state index contributed by atoms with van der Waals surface area (Å²) in [4.78, 5) is 30.9. The maximum atomic E-state index is 12.5. The molecule has 0 spiro atoms. The van der Waals surface area contributed by atoms with Crippen LogP contribution in [0.4, 0.5) is 4.79 Å². The number of ketones is 1. The fourth-order valence-electron chi connectivity index (χ4n) is 3.98. The first kappa shape index (κ1) is 19.2. The molecular weight excluding hydrogens is 366 g/mol. The number of nitrogens with zero attached hydrogens (tertiary/aromatic N) is 3. The molecule has 1 amide bonds. The van der Waals surface area contributed by atoms with E-state index in [1.54, 1.807) is 11.8 Å². The van der Waals surface area contributed by atoms with Crippen LogP contribution in [0.3, 0.4) is 0 Å². The van der Waals surface area contributed by atoms with Crippen LogP contribution >= 0.6 is 0 Å². The Morgan fingerprint density at radius 1 is 1.10 bits per heavy atom. The van der Waals surface area contributed by atoms with Crippen molar-refractivity contribution in [1.82, 2.24) is 14.5 Å². The Morgan fingerprint density at radius 2 is 1.86 bits per heavy atom. The zero-order valence-electron chi connectivity index (χ0n) is 16.6. The first-order chi connectivity index (χ1) is 14.1. The number of fused-ring (bicyclic) bond motifs is 1. The second kappa shape index (κ2) is 8.47. The van der Waals surface area contributed by atoms with Gasteiger partial charge < -0.3 is 14.2 Å². The molecule has 0 radical (unpaired) electrons. The van der Waals surface area contributed by atoms with Gasteiger partial charge >= 0.3 is 6.09 Å². The lowest BCUT2D eigenvalue weighted by molar-refractivity contribution is 0.0765. The monoisotopic (exact) mass is 391 g/mol. The van der Waals surface area contributed by atoms with Crippen molar-refractivity contribution in [3.63, 3.8) is 0 Å². The van der Waals surface area contributed by atoms with Crippen LogP contribution in [0.15, 0.2) is 54.6 Å². The maximum Gasteiger partial charge on any atom is 0.410 e. The standard InChI is InChI=1S/C23H25N3O3/c1-17(27)22-24-20-11-5-6-12-21(20)26(22)15-19-10-7-13-25(14-19)23(28)29-16-18-8-3-2-4-9-18/h2-6,8-9,11-12,19H,7,10,13-16H2,1H3. The van der Waals surface area contributed by atoms with Crippen LogP contribution in [0.2, 0.25) is 0 Å². The Balaban J connectivity index is 1.44. The number of carbonyl (C=O) groups is 2. The van der Waals surface area contributed by atoms with E-state index in [4.69, 9.17) is 4.74 Å². The summed E-state index contributed by atoms with van der Waals surface area (Å²) >= 11 is 0. The molecule has 0 aliphatic carbocycles. The van der Waals surface area contributed by atoms with E-state index < -0.39 is 0 Å². The molecule has 1 fully saturated rings. The molecule has 0 N–H and O–H groups in total. The molecule has 1 aromatic heterocycles. The molecule has 1 saturated heterocycles. The van der Waals surface area contributed by atoms with E-state index in [2.05, 4.69) is 4.98 Å². The highest BCUT2D eigenvalue weighted by molar-refractivity contribution is 5.94. The third kappa shape index (κ3) is 4.31. The predicted octanol–water partition coefficient (Wildman–Crippen LogP) is 4.29. The molecule has 150 valence electrons. The number of hydrogen-bond acceptors (Lipinski definition) is 4.